The molecule has 3 nitrogen and oxygen atoms in total. The molecule has 0 N–H and O–H groups in total. The maximum absolute atomic E-state index is 11.1. The first-order valence-corrected chi connectivity index (χ1v) is 4.52. The zero-order valence-electron chi connectivity index (χ0n) is 8.19. The molecule has 0 amide bonds. The second-order valence-electron chi connectivity index (χ2n) is 3.41. The quantitative estimate of drug-likeness (QED) is 0.527. The second kappa shape index (κ2) is 3.42. The van der Waals surface area contributed by atoms with Gasteiger partial charge in [0, 0.05) is 0 Å². The van der Waals surface area contributed by atoms with Gasteiger partial charge in [-0.2, -0.15) is 0 Å². The number of epoxide rings is 1. The van der Waals surface area contributed by atoms with E-state index in [1.165, 1.54) is 12.7 Å². The number of carbonyl (C=O) groups is 1. The monoisotopic (exact) mass is 192 g/mol. The van der Waals surface area contributed by atoms with Crippen molar-refractivity contribution in [2.45, 2.75) is 19.1 Å². The van der Waals surface area contributed by atoms with Crippen LogP contribution in [0, 0.1) is 6.92 Å². The minimum Gasteiger partial charge on any atom is -0.467 e. The Morgan fingerprint density at radius 2 is 2.00 bits per heavy atom. The highest BCUT2D eigenvalue weighted by molar-refractivity contribution is 5.78. The Hall–Kier alpha value is -1.35. The third-order valence-electron chi connectivity index (χ3n) is 2.33. The van der Waals surface area contributed by atoms with Crippen LogP contribution < -0.4 is 0 Å². The van der Waals surface area contributed by atoms with Crippen LogP contribution in [0.3, 0.4) is 0 Å². The second-order valence-corrected chi connectivity index (χ2v) is 3.41. The van der Waals surface area contributed by atoms with E-state index in [0.29, 0.717) is 0 Å². The smallest absolute Gasteiger partial charge is 0.338 e. The zero-order chi connectivity index (χ0) is 10.1. The summed E-state index contributed by atoms with van der Waals surface area (Å²) in [5.74, 6) is -0.296. The van der Waals surface area contributed by atoms with Crippen molar-refractivity contribution in [3.8, 4) is 0 Å². The number of hydrogen-bond donors (Lipinski definition) is 0. The number of ether oxygens (including phenoxy) is 2. The van der Waals surface area contributed by atoms with Crippen LogP contribution >= 0.6 is 0 Å². The molecule has 3 heteroatoms. The van der Waals surface area contributed by atoms with E-state index in [1.54, 1.807) is 0 Å². The average Bonchev–Trinajstić information content (AvgIpc) is 2.98. The van der Waals surface area contributed by atoms with Crippen LogP contribution in [0.5, 0.6) is 0 Å². The van der Waals surface area contributed by atoms with Gasteiger partial charge in [0.1, 0.15) is 6.10 Å². The van der Waals surface area contributed by atoms with Gasteiger partial charge in [-0.05, 0) is 12.5 Å². The first kappa shape index (κ1) is 9.21. The van der Waals surface area contributed by atoms with Gasteiger partial charge in [0.25, 0.3) is 0 Å². The summed E-state index contributed by atoms with van der Waals surface area (Å²) in [5, 5.41) is 0. The van der Waals surface area contributed by atoms with Gasteiger partial charge >= 0.3 is 5.97 Å². The highest BCUT2D eigenvalue weighted by Gasteiger charge is 2.46. The lowest BCUT2D eigenvalue weighted by atomic mass is 10.1. The standard InChI is InChI=1S/C11H12O3/c1-7-3-5-8(6-4-7)9-10(14-9)11(12)13-2/h3-6,9-10H,1-2H3. The minimum absolute atomic E-state index is 0.108. The molecule has 0 aliphatic carbocycles. The van der Waals surface area contributed by atoms with Crippen molar-refractivity contribution in [2.75, 3.05) is 7.11 Å². The Balaban J connectivity index is 2.06. The lowest BCUT2D eigenvalue weighted by Gasteiger charge is -1.96. The molecule has 0 saturated carbocycles. The van der Waals surface area contributed by atoms with Crippen LogP contribution in [0.15, 0.2) is 24.3 Å². The third-order valence-corrected chi connectivity index (χ3v) is 2.33. The Bertz CT molecular complexity index is 342. The Labute approximate surface area is 82.6 Å². The van der Waals surface area contributed by atoms with E-state index < -0.39 is 6.10 Å². The highest BCUT2D eigenvalue weighted by atomic mass is 16.6. The molecule has 0 bridgehead atoms. The largest absolute Gasteiger partial charge is 0.467 e. The molecule has 1 heterocycles. The molecule has 2 unspecified atom stereocenters. The van der Waals surface area contributed by atoms with Crippen LogP contribution in [0.25, 0.3) is 0 Å². The van der Waals surface area contributed by atoms with E-state index in [2.05, 4.69) is 4.74 Å². The van der Waals surface area contributed by atoms with Crippen LogP contribution in [0.1, 0.15) is 17.2 Å². The summed E-state index contributed by atoms with van der Waals surface area (Å²) in [7, 11) is 1.37. The number of benzene rings is 1. The summed E-state index contributed by atoms with van der Waals surface area (Å²) < 4.78 is 9.81. The lowest BCUT2D eigenvalue weighted by molar-refractivity contribution is -0.142. The van der Waals surface area contributed by atoms with Crippen molar-refractivity contribution in [1.82, 2.24) is 0 Å². The predicted octanol–water partition coefficient (Wildman–Crippen LogP) is 1.61. The molecule has 1 aliphatic rings. The van der Waals surface area contributed by atoms with Crippen molar-refractivity contribution >= 4 is 5.97 Å². The number of aryl methyl sites for hydroxylation is 1. The summed E-state index contributed by atoms with van der Waals surface area (Å²) in [6.45, 7) is 2.02. The molecule has 14 heavy (non-hydrogen) atoms. The number of esters is 1. The summed E-state index contributed by atoms with van der Waals surface area (Å²) in [6.07, 6.45) is -0.509. The molecule has 1 aromatic rings. The number of rotatable bonds is 2. The molecule has 2 atom stereocenters. The van der Waals surface area contributed by atoms with Gasteiger partial charge < -0.3 is 9.47 Å². The molecule has 1 saturated heterocycles. The van der Waals surface area contributed by atoms with Crippen molar-refractivity contribution in [2.24, 2.45) is 0 Å². The number of carbonyl (C=O) groups excluding carboxylic acids is 1. The van der Waals surface area contributed by atoms with Gasteiger partial charge in [-0.1, -0.05) is 29.8 Å². The van der Waals surface area contributed by atoms with Crippen LogP contribution in [0.4, 0.5) is 0 Å². The third kappa shape index (κ3) is 1.63. The molecule has 1 fully saturated rings. The summed E-state index contributed by atoms with van der Waals surface area (Å²) in [6, 6.07) is 7.96. The fourth-order valence-electron chi connectivity index (χ4n) is 1.42. The van der Waals surface area contributed by atoms with Crippen molar-refractivity contribution in [3.05, 3.63) is 35.4 Å². The molecule has 0 radical (unpaired) electrons. The predicted molar refractivity (Wildman–Crippen MR) is 50.8 cm³/mol. The van der Waals surface area contributed by atoms with Crippen molar-refractivity contribution in [1.29, 1.82) is 0 Å². The molecular weight excluding hydrogens is 180 g/mol. The Kier molecular flexibility index (Phi) is 2.25. The molecule has 74 valence electrons. The molecule has 1 aromatic carbocycles. The van der Waals surface area contributed by atoms with E-state index in [9.17, 15) is 4.79 Å². The fourth-order valence-corrected chi connectivity index (χ4v) is 1.42. The number of methoxy groups -OCH3 is 1. The Morgan fingerprint density at radius 3 is 2.57 bits per heavy atom. The van der Waals surface area contributed by atoms with Crippen LogP contribution in [-0.2, 0) is 14.3 Å². The summed E-state index contributed by atoms with van der Waals surface area (Å²) in [4.78, 5) is 11.1. The van der Waals surface area contributed by atoms with E-state index in [4.69, 9.17) is 4.74 Å². The molecule has 0 aromatic heterocycles. The van der Waals surface area contributed by atoms with E-state index in [1.807, 2.05) is 31.2 Å². The van der Waals surface area contributed by atoms with E-state index in [0.717, 1.165) is 5.56 Å². The van der Waals surface area contributed by atoms with Gasteiger partial charge in [-0.15, -0.1) is 0 Å². The topological polar surface area (TPSA) is 38.8 Å². The minimum atomic E-state index is -0.400. The van der Waals surface area contributed by atoms with Gasteiger partial charge in [-0.3, -0.25) is 0 Å². The van der Waals surface area contributed by atoms with E-state index >= 15 is 0 Å². The first-order valence-electron chi connectivity index (χ1n) is 4.52. The SMILES string of the molecule is COC(=O)C1OC1c1ccc(C)cc1. The Morgan fingerprint density at radius 1 is 1.36 bits per heavy atom. The van der Waals surface area contributed by atoms with Crippen molar-refractivity contribution in [3.63, 3.8) is 0 Å². The summed E-state index contributed by atoms with van der Waals surface area (Å²) >= 11 is 0. The fraction of sp³-hybridized carbons (Fsp3) is 0.364. The molecule has 1 aliphatic heterocycles. The van der Waals surface area contributed by atoms with E-state index in [-0.39, 0.29) is 12.1 Å². The normalized spacial score (nSPS) is 24.4. The average molecular weight is 192 g/mol. The maximum Gasteiger partial charge on any atom is 0.338 e. The lowest BCUT2D eigenvalue weighted by Crippen LogP contribution is -2.09. The first-order chi connectivity index (χ1) is 6.72. The maximum atomic E-state index is 11.1. The van der Waals surface area contributed by atoms with Gasteiger partial charge in [0.05, 0.1) is 7.11 Å². The van der Waals surface area contributed by atoms with Gasteiger partial charge in [-0.25, -0.2) is 4.79 Å². The van der Waals surface area contributed by atoms with Crippen LogP contribution in [-0.4, -0.2) is 19.2 Å². The van der Waals surface area contributed by atoms with Crippen molar-refractivity contribution < 1.29 is 14.3 Å². The van der Waals surface area contributed by atoms with Gasteiger partial charge in [0.2, 0.25) is 0 Å². The molecule has 2 rings (SSSR count). The van der Waals surface area contributed by atoms with Gasteiger partial charge in [0.15, 0.2) is 6.10 Å². The zero-order valence-corrected chi connectivity index (χ0v) is 8.19. The number of hydrogen-bond acceptors (Lipinski definition) is 3. The summed E-state index contributed by atoms with van der Waals surface area (Å²) in [5.41, 5.74) is 2.23. The van der Waals surface area contributed by atoms with Crippen LogP contribution in [0.2, 0.25) is 0 Å². The molecular formula is C11H12O3. The highest BCUT2D eigenvalue weighted by Crippen LogP contribution is 2.39. The molecule has 0 spiro atoms.